The van der Waals surface area contributed by atoms with E-state index in [0.717, 1.165) is 37.6 Å². The van der Waals surface area contributed by atoms with Crippen molar-refractivity contribution in [2.75, 3.05) is 20.1 Å². The van der Waals surface area contributed by atoms with E-state index in [9.17, 15) is 4.39 Å². The summed E-state index contributed by atoms with van der Waals surface area (Å²) in [6, 6.07) is 6.97. The molecule has 1 N–H and O–H groups in total. The number of aromatic nitrogens is 2. The summed E-state index contributed by atoms with van der Waals surface area (Å²) < 4.78 is 16.1. The molecule has 106 valence electrons. The number of nitrogens with one attached hydrogen (secondary N) is 1. The SMILES string of the molecule is CNC(CN1CCn2ccnc2C1)c1ccccc1F. The maximum absolute atomic E-state index is 13.9. The van der Waals surface area contributed by atoms with Crippen LogP contribution >= 0.6 is 0 Å². The second kappa shape index (κ2) is 5.73. The van der Waals surface area contributed by atoms with E-state index in [1.54, 1.807) is 6.07 Å². The lowest BCUT2D eigenvalue weighted by Gasteiger charge is -2.31. The normalized spacial score (nSPS) is 16.9. The Morgan fingerprint density at radius 3 is 3.00 bits per heavy atom. The predicted octanol–water partition coefficient (Wildman–Crippen LogP) is 1.80. The van der Waals surface area contributed by atoms with Crippen molar-refractivity contribution >= 4 is 0 Å². The van der Waals surface area contributed by atoms with Crippen LogP contribution in [0.4, 0.5) is 4.39 Å². The van der Waals surface area contributed by atoms with Crippen molar-refractivity contribution in [3.63, 3.8) is 0 Å². The molecule has 0 saturated heterocycles. The van der Waals surface area contributed by atoms with E-state index in [2.05, 4.69) is 19.8 Å². The molecule has 0 aliphatic carbocycles. The monoisotopic (exact) mass is 274 g/mol. The number of hydrogen-bond donors (Lipinski definition) is 1. The van der Waals surface area contributed by atoms with Gasteiger partial charge in [0, 0.05) is 43.6 Å². The van der Waals surface area contributed by atoms with Crippen LogP contribution in [0.15, 0.2) is 36.7 Å². The number of likely N-dealkylation sites (N-methyl/N-ethyl adjacent to an activating group) is 1. The second-order valence-electron chi connectivity index (χ2n) is 5.13. The van der Waals surface area contributed by atoms with Gasteiger partial charge in [0.1, 0.15) is 11.6 Å². The fraction of sp³-hybridized carbons (Fsp3) is 0.400. The van der Waals surface area contributed by atoms with E-state index in [1.165, 1.54) is 6.07 Å². The van der Waals surface area contributed by atoms with E-state index in [0.29, 0.717) is 0 Å². The molecular weight excluding hydrogens is 255 g/mol. The molecule has 1 unspecified atom stereocenters. The summed E-state index contributed by atoms with van der Waals surface area (Å²) >= 11 is 0. The smallest absolute Gasteiger partial charge is 0.128 e. The molecule has 0 saturated carbocycles. The van der Waals surface area contributed by atoms with Gasteiger partial charge in [0.15, 0.2) is 0 Å². The first kappa shape index (κ1) is 13.3. The van der Waals surface area contributed by atoms with Gasteiger partial charge in [-0.1, -0.05) is 18.2 Å². The first-order valence-corrected chi connectivity index (χ1v) is 6.92. The Labute approximate surface area is 118 Å². The molecular formula is C15H19FN4. The number of imidazole rings is 1. The zero-order valence-corrected chi connectivity index (χ0v) is 11.6. The van der Waals surface area contributed by atoms with Crippen LogP contribution in [-0.4, -0.2) is 34.6 Å². The largest absolute Gasteiger partial charge is 0.333 e. The first-order chi connectivity index (χ1) is 9.78. The van der Waals surface area contributed by atoms with Gasteiger partial charge in [-0.3, -0.25) is 4.90 Å². The highest BCUT2D eigenvalue weighted by atomic mass is 19.1. The summed E-state index contributed by atoms with van der Waals surface area (Å²) in [5.74, 6) is 0.935. The van der Waals surface area contributed by atoms with Crippen molar-refractivity contribution in [1.82, 2.24) is 19.8 Å². The first-order valence-electron chi connectivity index (χ1n) is 6.92. The summed E-state index contributed by atoms with van der Waals surface area (Å²) in [4.78, 5) is 6.67. The number of nitrogens with zero attached hydrogens (tertiary/aromatic N) is 3. The van der Waals surface area contributed by atoms with Gasteiger partial charge in [0.2, 0.25) is 0 Å². The third kappa shape index (κ3) is 2.59. The van der Waals surface area contributed by atoms with Crippen molar-refractivity contribution in [3.8, 4) is 0 Å². The quantitative estimate of drug-likeness (QED) is 0.923. The third-order valence-electron chi connectivity index (χ3n) is 3.89. The van der Waals surface area contributed by atoms with Crippen LogP contribution in [0.25, 0.3) is 0 Å². The Morgan fingerprint density at radius 1 is 1.35 bits per heavy atom. The fourth-order valence-corrected chi connectivity index (χ4v) is 2.74. The van der Waals surface area contributed by atoms with Crippen LogP contribution in [0.3, 0.4) is 0 Å². The summed E-state index contributed by atoms with van der Waals surface area (Å²) in [7, 11) is 1.88. The van der Waals surface area contributed by atoms with Gasteiger partial charge in [0.25, 0.3) is 0 Å². The number of halogens is 1. The number of hydrogen-bond acceptors (Lipinski definition) is 3. The van der Waals surface area contributed by atoms with E-state index in [1.807, 2.05) is 31.6 Å². The lowest BCUT2D eigenvalue weighted by molar-refractivity contribution is 0.196. The summed E-state index contributed by atoms with van der Waals surface area (Å²) in [6.07, 6.45) is 3.85. The Kier molecular flexibility index (Phi) is 3.80. The Hall–Kier alpha value is -1.72. The van der Waals surface area contributed by atoms with Crippen LogP contribution in [0, 0.1) is 5.82 Å². The molecule has 20 heavy (non-hydrogen) atoms. The average Bonchev–Trinajstić information content (AvgIpc) is 2.93. The highest BCUT2D eigenvalue weighted by Crippen LogP contribution is 2.20. The van der Waals surface area contributed by atoms with Crippen LogP contribution in [0.5, 0.6) is 0 Å². The number of fused-ring (bicyclic) bond motifs is 1. The minimum atomic E-state index is -0.148. The highest BCUT2D eigenvalue weighted by molar-refractivity contribution is 5.21. The summed E-state index contributed by atoms with van der Waals surface area (Å²) in [5.41, 5.74) is 0.726. The molecule has 1 aromatic heterocycles. The highest BCUT2D eigenvalue weighted by Gasteiger charge is 2.21. The minimum Gasteiger partial charge on any atom is -0.333 e. The zero-order valence-electron chi connectivity index (χ0n) is 11.6. The standard InChI is InChI=1S/C15H19FN4/c1-17-14(12-4-2-3-5-13(12)16)10-19-8-9-20-7-6-18-15(20)11-19/h2-7,14,17H,8-11H2,1H3. The Balaban J connectivity index is 1.72. The lowest BCUT2D eigenvalue weighted by atomic mass is 10.1. The summed E-state index contributed by atoms with van der Waals surface area (Å²) in [5, 5.41) is 3.22. The molecule has 2 aromatic rings. The average molecular weight is 274 g/mol. The van der Waals surface area contributed by atoms with Crippen LogP contribution < -0.4 is 5.32 Å². The lowest BCUT2D eigenvalue weighted by Crippen LogP contribution is -2.39. The third-order valence-corrected chi connectivity index (χ3v) is 3.89. The fourth-order valence-electron chi connectivity index (χ4n) is 2.74. The van der Waals surface area contributed by atoms with Gasteiger partial charge in [0.05, 0.1) is 6.54 Å². The molecule has 1 aromatic carbocycles. The molecule has 1 aliphatic rings. The van der Waals surface area contributed by atoms with Gasteiger partial charge < -0.3 is 9.88 Å². The molecule has 0 amide bonds. The van der Waals surface area contributed by atoms with E-state index in [4.69, 9.17) is 0 Å². The molecule has 3 rings (SSSR count). The minimum absolute atomic E-state index is 0.00212. The van der Waals surface area contributed by atoms with E-state index < -0.39 is 0 Å². The molecule has 1 atom stereocenters. The van der Waals surface area contributed by atoms with Gasteiger partial charge in [-0.25, -0.2) is 9.37 Å². The van der Waals surface area contributed by atoms with Crippen molar-refractivity contribution in [1.29, 1.82) is 0 Å². The van der Waals surface area contributed by atoms with Gasteiger partial charge in [-0.05, 0) is 13.1 Å². The molecule has 2 heterocycles. The number of benzene rings is 1. The van der Waals surface area contributed by atoms with Crippen molar-refractivity contribution in [3.05, 3.63) is 53.9 Å². The van der Waals surface area contributed by atoms with Crippen LogP contribution in [0.2, 0.25) is 0 Å². The molecule has 4 nitrogen and oxygen atoms in total. The topological polar surface area (TPSA) is 33.1 Å². The molecule has 0 bridgehead atoms. The Bertz CT molecular complexity index is 581. The maximum atomic E-state index is 13.9. The molecule has 0 fully saturated rings. The van der Waals surface area contributed by atoms with Crippen LogP contribution in [-0.2, 0) is 13.1 Å². The summed E-state index contributed by atoms with van der Waals surface area (Å²) in [6.45, 7) is 3.52. The molecule has 0 spiro atoms. The molecule has 1 aliphatic heterocycles. The Morgan fingerprint density at radius 2 is 2.20 bits per heavy atom. The predicted molar refractivity (Wildman–Crippen MR) is 75.7 cm³/mol. The molecule has 0 radical (unpaired) electrons. The second-order valence-corrected chi connectivity index (χ2v) is 5.13. The van der Waals surface area contributed by atoms with Gasteiger partial charge in [-0.2, -0.15) is 0 Å². The van der Waals surface area contributed by atoms with Crippen molar-refractivity contribution < 1.29 is 4.39 Å². The van der Waals surface area contributed by atoms with Crippen LogP contribution in [0.1, 0.15) is 17.4 Å². The zero-order chi connectivity index (χ0) is 13.9. The molecule has 5 heteroatoms. The van der Waals surface area contributed by atoms with Crippen molar-refractivity contribution in [2.24, 2.45) is 0 Å². The maximum Gasteiger partial charge on any atom is 0.128 e. The number of rotatable bonds is 4. The van der Waals surface area contributed by atoms with E-state index in [-0.39, 0.29) is 11.9 Å². The van der Waals surface area contributed by atoms with E-state index >= 15 is 0 Å². The van der Waals surface area contributed by atoms with Crippen molar-refractivity contribution in [2.45, 2.75) is 19.1 Å². The van der Waals surface area contributed by atoms with Gasteiger partial charge >= 0.3 is 0 Å². The van der Waals surface area contributed by atoms with Gasteiger partial charge in [-0.15, -0.1) is 0 Å².